The molecule has 1 N–H and O–H groups in total. The maximum atomic E-state index is 12.5. The van der Waals surface area contributed by atoms with Gasteiger partial charge in [-0.1, -0.05) is 35.0 Å². The van der Waals surface area contributed by atoms with Crippen molar-refractivity contribution in [1.82, 2.24) is 14.8 Å². The number of carbonyl (C=O) groups excluding carboxylic acids is 2. The Morgan fingerprint density at radius 3 is 2.71 bits per heavy atom. The van der Waals surface area contributed by atoms with Crippen molar-refractivity contribution in [2.24, 2.45) is 7.05 Å². The first-order chi connectivity index (χ1) is 16.2. The molecule has 0 radical (unpaired) electrons. The van der Waals surface area contributed by atoms with E-state index in [1.54, 1.807) is 18.2 Å². The number of hydrogen-bond donors (Lipinski definition) is 1. The number of anilines is 1. The second-order valence-electron chi connectivity index (χ2n) is 7.30. The van der Waals surface area contributed by atoms with Gasteiger partial charge < -0.3 is 19.4 Å². The maximum Gasteiger partial charge on any atom is 0.341 e. The third kappa shape index (κ3) is 6.44. The normalized spacial score (nSPS) is 10.9. The first kappa shape index (κ1) is 26.3. The number of thiophene rings is 1. The molecule has 0 saturated heterocycles. The molecule has 0 fully saturated rings. The van der Waals surface area contributed by atoms with Crippen molar-refractivity contribution in [3.63, 3.8) is 0 Å². The van der Waals surface area contributed by atoms with E-state index in [4.69, 9.17) is 32.7 Å². The van der Waals surface area contributed by atoms with Gasteiger partial charge >= 0.3 is 5.97 Å². The number of ether oxygens (including phenoxy) is 2. The minimum absolute atomic E-state index is 0.126. The van der Waals surface area contributed by atoms with Crippen LogP contribution < -0.4 is 10.1 Å². The topological polar surface area (TPSA) is 95.3 Å². The fourth-order valence-corrected chi connectivity index (χ4v) is 5.31. The molecule has 3 rings (SSSR count). The third-order valence-corrected chi connectivity index (χ3v) is 7.65. The van der Waals surface area contributed by atoms with E-state index in [2.05, 4.69) is 15.5 Å². The van der Waals surface area contributed by atoms with E-state index in [1.165, 1.54) is 30.2 Å². The average molecular weight is 543 g/mol. The summed E-state index contributed by atoms with van der Waals surface area (Å²) in [5.41, 5.74) is 1.20. The molecule has 0 aliphatic rings. The van der Waals surface area contributed by atoms with Crippen molar-refractivity contribution in [2.45, 2.75) is 31.8 Å². The number of rotatable bonds is 10. The van der Waals surface area contributed by atoms with Crippen LogP contribution in [0.5, 0.6) is 5.75 Å². The maximum absolute atomic E-state index is 12.5. The zero-order chi connectivity index (χ0) is 24.8. The van der Waals surface area contributed by atoms with Gasteiger partial charge in [-0.3, -0.25) is 4.79 Å². The number of aryl methyl sites for hydroxylation is 2. The standard InChI is InChI=1S/C22H24Cl2N4O4S2/c1-12-13(2)34-20(19(12)21(30)31-4)25-18(29)11-33-22-27-26-17(28(22)3)6-5-9-32-16-8-7-14(23)10-15(16)24/h7-8,10H,5-6,9,11H2,1-4H3,(H,25,29). The molecule has 0 saturated carbocycles. The summed E-state index contributed by atoms with van der Waals surface area (Å²) in [6.07, 6.45) is 1.36. The number of halogens is 2. The van der Waals surface area contributed by atoms with E-state index < -0.39 is 5.97 Å². The van der Waals surface area contributed by atoms with Crippen LogP contribution in [0, 0.1) is 13.8 Å². The van der Waals surface area contributed by atoms with Gasteiger partial charge in [0.15, 0.2) is 5.16 Å². The van der Waals surface area contributed by atoms with Crippen molar-refractivity contribution in [1.29, 1.82) is 0 Å². The number of carbonyl (C=O) groups is 2. The van der Waals surface area contributed by atoms with Gasteiger partial charge in [-0.25, -0.2) is 4.79 Å². The molecule has 1 amide bonds. The minimum Gasteiger partial charge on any atom is -0.492 e. The highest BCUT2D eigenvalue weighted by Crippen LogP contribution is 2.33. The Morgan fingerprint density at radius 1 is 1.24 bits per heavy atom. The Bertz CT molecular complexity index is 1200. The Labute approximate surface area is 215 Å². The molecule has 1 aromatic carbocycles. The van der Waals surface area contributed by atoms with Gasteiger partial charge in [0.05, 0.1) is 30.1 Å². The first-order valence-electron chi connectivity index (χ1n) is 10.3. The van der Waals surface area contributed by atoms with Crippen LogP contribution in [0.25, 0.3) is 0 Å². The van der Waals surface area contributed by atoms with Gasteiger partial charge in [0.2, 0.25) is 5.91 Å². The van der Waals surface area contributed by atoms with Crippen LogP contribution in [0.4, 0.5) is 5.00 Å². The van der Waals surface area contributed by atoms with Crippen LogP contribution in [0.15, 0.2) is 23.4 Å². The van der Waals surface area contributed by atoms with E-state index >= 15 is 0 Å². The summed E-state index contributed by atoms with van der Waals surface area (Å²) in [6.45, 7) is 4.19. The summed E-state index contributed by atoms with van der Waals surface area (Å²) in [5.74, 6) is 0.782. The lowest BCUT2D eigenvalue weighted by atomic mass is 10.1. The minimum atomic E-state index is -0.468. The van der Waals surface area contributed by atoms with Crippen molar-refractivity contribution in [3.05, 3.63) is 50.1 Å². The van der Waals surface area contributed by atoms with Crippen LogP contribution >= 0.6 is 46.3 Å². The van der Waals surface area contributed by atoms with E-state index in [1.807, 2.05) is 25.5 Å². The number of nitrogens with zero attached hydrogens (tertiary/aromatic N) is 3. The number of nitrogens with one attached hydrogen (secondary N) is 1. The summed E-state index contributed by atoms with van der Waals surface area (Å²) in [7, 11) is 3.18. The summed E-state index contributed by atoms with van der Waals surface area (Å²) < 4.78 is 12.4. The molecule has 0 unspecified atom stereocenters. The highest BCUT2D eigenvalue weighted by molar-refractivity contribution is 7.99. The van der Waals surface area contributed by atoms with Crippen molar-refractivity contribution in [2.75, 3.05) is 24.8 Å². The van der Waals surface area contributed by atoms with Crippen LogP contribution in [0.2, 0.25) is 10.0 Å². The lowest BCUT2D eigenvalue weighted by Crippen LogP contribution is -2.16. The summed E-state index contributed by atoms with van der Waals surface area (Å²) in [4.78, 5) is 25.5. The summed E-state index contributed by atoms with van der Waals surface area (Å²) >= 11 is 14.6. The number of thioether (sulfide) groups is 1. The molecular weight excluding hydrogens is 519 g/mol. The average Bonchev–Trinajstić information content (AvgIpc) is 3.28. The quantitative estimate of drug-likeness (QED) is 0.210. The molecule has 0 atom stereocenters. The molecule has 0 spiro atoms. The van der Waals surface area contributed by atoms with Crippen LogP contribution in [0.1, 0.15) is 33.0 Å². The van der Waals surface area contributed by atoms with Crippen molar-refractivity contribution < 1.29 is 19.1 Å². The van der Waals surface area contributed by atoms with Gasteiger partial charge in [-0.2, -0.15) is 0 Å². The van der Waals surface area contributed by atoms with E-state index in [-0.39, 0.29) is 11.7 Å². The van der Waals surface area contributed by atoms with Gasteiger partial charge in [-0.15, -0.1) is 21.5 Å². The second kappa shape index (κ2) is 11.9. The van der Waals surface area contributed by atoms with Gasteiger partial charge in [0, 0.05) is 23.4 Å². The molecule has 8 nitrogen and oxygen atoms in total. The highest BCUT2D eigenvalue weighted by Gasteiger charge is 2.22. The smallest absolute Gasteiger partial charge is 0.341 e. The number of hydrogen-bond acceptors (Lipinski definition) is 8. The summed E-state index contributed by atoms with van der Waals surface area (Å²) in [5, 5.41) is 13.4. The zero-order valence-corrected chi connectivity index (χ0v) is 22.3. The molecule has 2 aromatic heterocycles. The zero-order valence-electron chi connectivity index (χ0n) is 19.1. The van der Waals surface area contributed by atoms with E-state index in [0.29, 0.717) is 51.0 Å². The Balaban J connectivity index is 1.50. The predicted molar refractivity (Wildman–Crippen MR) is 136 cm³/mol. The van der Waals surface area contributed by atoms with E-state index in [9.17, 15) is 9.59 Å². The number of esters is 1. The second-order valence-corrected chi connectivity index (χ2v) is 10.3. The fraction of sp³-hybridized carbons (Fsp3) is 0.364. The van der Waals surface area contributed by atoms with Gasteiger partial charge in [0.25, 0.3) is 0 Å². The summed E-state index contributed by atoms with van der Waals surface area (Å²) in [6, 6.07) is 5.10. The Hall–Kier alpha value is -2.27. The van der Waals surface area contributed by atoms with Crippen molar-refractivity contribution in [3.8, 4) is 5.75 Å². The number of amides is 1. The molecule has 34 heavy (non-hydrogen) atoms. The molecule has 3 aromatic rings. The van der Waals surface area contributed by atoms with Gasteiger partial charge in [-0.05, 0) is 44.0 Å². The lowest BCUT2D eigenvalue weighted by molar-refractivity contribution is -0.113. The van der Waals surface area contributed by atoms with Crippen LogP contribution in [0.3, 0.4) is 0 Å². The molecule has 2 heterocycles. The number of methoxy groups -OCH3 is 1. The molecule has 182 valence electrons. The first-order valence-corrected chi connectivity index (χ1v) is 12.8. The molecule has 0 aliphatic carbocycles. The van der Waals surface area contributed by atoms with E-state index in [0.717, 1.165) is 16.3 Å². The highest BCUT2D eigenvalue weighted by atomic mass is 35.5. The van der Waals surface area contributed by atoms with Crippen LogP contribution in [-0.2, 0) is 23.0 Å². The molecular formula is C22H24Cl2N4O4S2. The number of aromatic nitrogens is 3. The number of benzene rings is 1. The lowest BCUT2D eigenvalue weighted by Gasteiger charge is -2.08. The SMILES string of the molecule is COC(=O)c1c(NC(=O)CSc2nnc(CCCOc3ccc(Cl)cc3Cl)n2C)sc(C)c1C. The molecule has 0 bridgehead atoms. The predicted octanol–water partition coefficient (Wildman–Crippen LogP) is 5.33. The largest absolute Gasteiger partial charge is 0.492 e. The molecule has 0 aliphatic heterocycles. The van der Waals surface area contributed by atoms with Gasteiger partial charge in [0.1, 0.15) is 16.6 Å². The Kier molecular flexibility index (Phi) is 9.24. The fourth-order valence-electron chi connectivity index (χ4n) is 3.05. The monoisotopic (exact) mass is 542 g/mol. The Morgan fingerprint density at radius 2 is 2.00 bits per heavy atom. The third-order valence-electron chi connectivity index (χ3n) is 4.98. The van der Waals surface area contributed by atoms with Crippen LogP contribution in [-0.4, -0.2) is 46.1 Å². The van der Waals surface area contributed by atoms with Crippen molar-refractivity contribution >= 4 is 63.2 Å². The molecule has 12 heteroatoms.